The van der Waals surface area contributed by atoms with E-state index in [0.717, 1.165) is 18.2 Å². The van der Waals surface area contributed by atoms with Crippen LogP contribution in [0.1, 0.15) is 25.3 Å². The molecule has 0 radical (unpaired) electrons. The molecule has 0 aliphatic rings. The molecule has 1 heteroatoms. The van der Waals surface area contributed by atoms with Crippen molar-refractivity contribution in [2.75, 3.05) is 5.88 Å². The van der Waals surface area contributed by atoms with Gasteiger partial charge in [-0.2, -0.15) is 0 Å². The molecular formula is C12H17Cl. The Morgan fingerprint density at radius 2 is 1.85 bits per heavy atom. The molecule has 72 valence electrons. The van der Waals surface area contributed by atoms with Gasteiger partial charge in [0.25, 0.3) is 0 Å². The minimum Gasteiger partial charge on any atom is -0.127 e. The van der Waals surface area contributed by atoms with E-state index >= 15 is 0 Å². The molecule has 0 N–H and O–H groups in total. The van der Waals surface area contributed by atoms with E-state index in [-0.39, 0.29) is 0 Å². The largest absolute Gasteiger partial charge is 0.127 e. The fourth-order valence-electron chi connectivity index (χ4n) is 1.39. The maximum Gasteiger partial charge on any atom is 0.0225 e. The van der Waals surface area contributed by atoms with Crippen molar-refractivity contribution in [1.29, 1.82) is 0 Å². The number of aryl methyl sites for hydroxylation is 1. The van der Waals surface area contributed by atoms with Crippen LogP contribution in [0.15, 0.2) is 30.3 Å². The summed E-state index contributed by atoms with van der Waals surface area (Å²) in [4.78, 5) is 0. The van der Waals surface area contributed by atoms with Crippen LogP contribution in [0, 0.1) is 5.92 Å². The molecule has 0 amide bonds. The first-order valence-corrected chi connectivity index (χ1v) is 5.46. The normalized spacial score (nSPS) is 12.8. The monoisotopic (exact) mass is 196 g/mol. The van der Waals surface area contributed by atoms with Crippen molar-refractivity contribution in [1.82, 2.24) is 0 Å². The summed E-state index contributed by atoms with van der Waals surface area (Å²) in [5.74, 6) is 1.54. The van der Waals surface area contributed by atoms with Crippen LogP contribution < -0.4 is 0 Å². The second-order valence-electron chi connectivity index (χ2n) is 3.61. The summed E-state index contributed by atoms with van der Waals surface area (Å²) in [5, 5.41) is 0. The van der Waals surface area contributed by atoms with Crippen LogP contribution in [0.2, 0.25) is 0 Å². The molecule has 13 heavy (non-hydrogen) atoms. The Labute approximate surface area is 85.9 Å². The summed E-state index contributed by atoms with van der Waals surface area (Å²) in [6.07, 6.45) is 3.56. The minimum atomic E-state index is 0.748. The summed E-state index contributed by atoms with van der Waals surface area (Å²) in [7, 11) is 0. The predicted molar refractivity (Wildman–Crippen MR) is 59.3 cm³/mol. The zero-order valence-corrected chi connectivity index (χ0v) is 8.93. The molecule has 1 unspecified atom stereocenters. The quantitative estimate of drug-likeness (QED) is 0.627. The number of halogens is 1. The highest BCUT2D eigenvalue weighted by molar-refractivity contribution is 6.17. The summed E-state index contributed by atoms with van der Waals surface area (Å²) in [6.45, 7) is 2.27. The van der Waals surface area contributed by atoms with Gasteiger partial charge < -0.3 is 0 Å². The maximum absolute atomic E-state index is 5.68. The van der Waals surface area contributed by atoms with Crippen molar-refractivity contribution in [2.45, 2.75) is 26.2 Å². The van der Waals surface area contributed by atoms with Crippen molar-refractivity contribution < 1.29 is 0 Å². The van der Waals surface area contributed by atoms with Gasteiger partial charge in [-0.25, -0.2) is 0 Å². The van der Waals surface area contributed by atoms with Crippen LogP contribution >= 0.6 is 11.6 Å². The Bertz CT molecular complexity index is 218. The third-order valence-electron chi connectivity index (χ3n) is 2.37. The van der Waals surface area contributed by atoms with Gasteiger partial charge in [0.1, 0.15) is 0 Å². The van der Waals surface area contributed by atoms with E-state index in [1.165, 1.54) is 18.4 Å². The van der Waals surface area contributed by atoms with Gasteiger partial charge in [0, 0.05) is 5.88 Å². The number of hydrogen-bond donors (Lipinski definition) is 0. The van der Waals surface area contributed by atoms with Crippen molar-refractivity contribution in [3.05, 3.63) is 35.9 Å². The van der Waals surface area contributed by atoms with Crippen molar-refractivity contribution in [2.24, 2.45) is 5.92 Å². The van der Waals surface area contributed by atoms with E-state index in [1.54, 1.807) is 0 Å². The first-order chi connectivity index (χ1) is 6.33. The molecule has 0 bridgehead atoms. The van der Waals surface area contributed by atoms with Crippen LogP contribution in [0.25, 0.3) is 0 Å². The molecule has 0 aliphatic carbocycles. The summed E-state index contributed by atoms with van der Waals surface area (Å²) >= 11 is 5.68. The van der Waals surface area contributed by atoms with Gasteiger partial charge in [0.15, 0.2) is 0 Å². The van der Waals surface area contributed by atoms with Gasteiger partial charge in [-0.05, 0) is 30.7 Å². The van der Waals surface area contributed by atoms with Gasteiger partial charge in [0.05, 0.1) is 0 Å². The van der Waals surface area contributed by atoms with Crippen LogP contribution in [0.5, 0.6) is 0 Å². The number of benzene rings is 1. The molecule has 0 aliphatic heterocycles. The molecule has 0 fully saturated rings. The van der Waals surface area contributed by atoms with Crippen molar-refractivity contribution >= 4 is 11.6 Å². The van der Waals surface area contributed by atoms with Gasteiger partial charge in [-0.15, -0.1) is 11.6 Å². The third kappa shape index (κ3) is 4.33. The predicted octanol–water partition coefficient (Wildman–Crippen LogP) is 3.88. The summed E-state index contributed by atoms with van der Waals surface area (Å²) in [5.41, 5.74) is 1.43. The van der Waals surface area contributed by atoms with Gasteiger partial charge >= 0.3 is 0 Å². The van der Waals surface area contributed by atoms with Crippen LogP contribution in [0.3, 0.4) is 0 Å². The van der Waals surface area contributed by atoms with E-state index in [1.807, 2.05) is 0 Å². The average Bonchev–Trinajstić information content (AvgIpc) is 2.17. The van der Waals surface area contributed by atoms with E-state index in [4.69, 9.17) is 11.6 Å². The van der Waals surface area contributed by atoms with Gasteiger partial charge in [0.2, 0.25) is 0 Å². The standard InChI is InChI=1S/C12H17Cl/c1-11(9-10-13)7-8-12-5-3-2-4-6-12/h2-6,11H,7-10H2,1H3. The molecule has 0 heterocycles. The lowest BCUT2D eigenvalue weighted by Gasteiger charge is -2.08. The molecule has 0 spiro atoms. The Kier molecular flexibility index (Phi) is 4.92. The Morgan fingerprint density at radius 3 is 2.46 bits per heavy atom. The van der Waals surface area contributed by atoms with E-state index in [0.29, 0.717) is 0 Å². The number of hydrogen-bond acceptors (Lipinski definition) is 0. The molecule has 1 atom stereocenters. The topological polar surface area (TPSA) is 0 Å². The number of rotatable bonds is 5. The second-order valence-corrected chi connectivity index (χ2v) is 3.99. The lowest BCUT2D eigenvalue weighted by atomic mass is 9.99. The zero-order chi connectivity index (χ0) is 9.52. The fourth-order valence-corrected chi connectivity index (χ4v) is 1.76. The highest BCUT2D eigenvalue weighted by Gasteiger charge is 2.01. The lowest BCUT2D eigenvalue weighted by Crippen LogP contribution is -1.97. The Balaban J connectivity index is 2.27. The summed E-state index contributed by atoms with van der Waals surface area (Å²) in [6, 6.07) is 10.6. The van der Waals surface area contributed by atoms with Crippen LogP contribution in [0.4, 0.5) is 0 Å². The molecule has 1 aromatic carbocycles. The first kappa shape index (κ1) is 10.6. The number of alkyl halides is 1. The Hall–Kier alpha value is -0.490. The van der Waals surface area contributed by atoms with E-state index in [2.05, 4.69) is 37.3 Å². The average molecular weight is 197 g/mol. The maximum atomic E-state index is 5.68. The highest BCUT2D eigenvalue weighted by Crippen LogP contribution is 2.12. The smallest absolute Gasteiger partial charge is 0.0225 e. The Morgan fingerprint density at radius 1 is 1.15 bits per heavy atom. The fraction of sp³-hybridized carbons (Fsp3) is 0.500. The second kappa shape index (κ2) is 6.04. The molecule has 0 nitrogen and oxygen atoms in total. The van der Waals surface area contributed by atoms with Crippen molar-refractivity contribution in [3.63, 3.8) is 0 Å². The zero-order valence-electron chi connectivity index (χ0n) is 8.17. The van der Waals surface area contributed by atoms with E-state index < -0.39 is 0 Å². The molecule has 1 aromatic rings. The molecular weight excluding hydrogens is 180 g/mol. The van der Waals surface area contributed by atoms with Crippen molar-refractivity contribution in [3.8, 4) is 0 Å². The SMILES string of the molecule is CC(CCCl)CCc1ccccc1. The minimum absolute atomic E-state index is 0.748. The summed E-state index contributed by atoms with van der Waals surface area (Å²) < 4.78 is 0. The van der Waals surface area contributed by atoms with E-state index in [9.17, 15) is 0 Å². The molecule has 0 saturated heterocycles. The molecule has 0 saturated carbocycles. The first-order valence-electron chi connectivity index (χ1n) is 4.93. The molecule has 1 rings (SSSR count). The van der Waals surface area contributed by atoms with Crippen LogP contribution in [-0.2, 0) is 6.42 Å². The third-order valence-corrected chi connectivity index (χ3v) is 2.59. The highest BCUT2D eigenvalue weighted by atomic mass is 35.5. The van der Waals surface area contributed by atoms with Crippen LogP contribution in [-0.4, -0.2) is 5.88 Å². The van der Waals surface area contributed by atoms with Gasteiger partial charge in [-0.1, -0.05) is 37.3 Å². The van der Waals surface area contributed by atoms with Gasteiger partial charge in [-0.3, -0.25) is 0 Å². The molecule has 0 aromatic heterocycles. The lowest BCUT2D eigenvalue weighted by molar-refractivity contribution is 0.519.